The molecule has 28 heavy (non-hydrogen) atoms. The van der Waals surface area contributed by atoms with Crippen molar-refractivity contribution in [2.75, 3.05) is 0 Å². The van der Waals surface area contributed by atoms with E-state index in [0.717, 1.165) is 31.2 Å². The maximum absolute atomic E-state index is 13.4. The van der Waals surface area contributed by atoms with Gasteiger partial charge >= 0.3 is 0 Å². The molecule has 1 aromatic heterocycles. The van der Waals surface area contributed by atoms with Crippen LogP contribution in [0, 0.1) is 12.3 Å². The second-order valence-corrected chi connectivity index (χ2v) is 8.43. The van der Waals surface area contributed by atoms with Crippen molar-refractivity contribution in [2.45, 2.75) is 63.6 Å². The van der Waals surface area contributed by atoms with E-state index in [2.05, 4.69) is 27.8 Å². The predicted molar refractivity (Wildman–Crippen MR) is 100 cm³/mol. The van der Waals surface area contributed by atoms with Gasteiger partial charge in [0.15, 0.2) is 5.69 Å². The minimum Gasteiger partial charge on any atom is -0.353 e. The van der Waals surface area contributed by atoms with Gasteiger partial charge in [-0.3, -0.25) is 9.59 Å². The maximum Gasteiger partial charge on any atom is 0.278 e. The van der Waals surface area contributed by atoms with E-state index in [0.29, 0.717) is 24.6 Å². The lowest BCUT2D eigenvalue weighted by atomic mass is 9.69. The van der Waals surface area contributed by atoms with Gasteiger partial charge in [-0.2, -0.15) is 0 Å². The molecule has 1 saturated carbocycles. The molecule has 0 radical (unpaired) electrons. The first kappa shape index (κ1) is 17.4. The first-order valence-corrected chi connectivity index (χ1v) is 10.1. The van der Waals surface area contributed by atoms with Crippen LogP contribution in [0.5, 0.6) is 0 Å². The van der Waals surface area contributed by atoms with Gasteiger partial charge in [-0.25, -0.2) is 4.63 Å². The monoisotopic (exact) mass is 380 g/mol. The van der Waals surface area contributed by atoms with E-state index < -0.39 is 5.41 Å². The van der Waals surface area contributed by atoms with E-state index in [9.17, 15) is 9.59 Å². The SMILES string of the molecule is Cc1nonc1C(=O)N1[C@H]2CC[C@@H]1[C@](Cc1ccccc1)(C(=O)NC1CC1)C2. The Morgan fingerprint density at radius 2 is 1.96 bits per heavy atom. The number of nitrogens with one attached hydrogen (secondary N) is 1. The summed E-state index contributed by atoms with van der Waals surface area (Å²) < 4.78 is 4.75. The van der Waals surface area contributed by atoms with Gasteiger partial charge in [0.25, 0.3) is 5.91 Å². The Hall–Kier alpha value is -2.70. The van der Waals surface area contributed by atoms with Crippen LogP contribution in [0.25, 0.3) is 0 Å². The molecule has 1 aromatic carbocycles. The summed E-state index contributed by atoms with van der Waals surface area (Å²) in [7, 11) is 0. The average Bonchev–Trinajstić information content (AvgIpc) is 3.12. The van der Waals surface area contributed by atoms with Gasteiger partial charge in [0, 0.05) is 18.1 Å². The standard InChI is InChI=1S/C21H24N4O3/c1-13-18(24-28-23-13)19(26)25-16-9-10-17(25)21(12-16,20(27)22-15-7-8-15)11-14-5-3-2-4-6-14/h2-6,15-17H,7-12H2,1H3,(H,22,27)/t16-,17+,21+/m0/s1. The average molecular weight is 380 g/mol. The van der Waals surface area contributed by atoms with Crippen molar-refractivity contribution in [3.8, 4) is 0 Å². The van der Waals surface area contributed by atoms with E-state index in [1.54, 1.807) is 6.92 Å². The predicted octanol–water partition coefficient (Wildman–Crippen LogP) is 2.26. The zero-order chi connectivity index (χ0) is 19.3. The van der Waals surface area contributed by atoms with Crippen LogP contribution in [0.3, 0.4) is 0 Å². The molecule has 5 rings (SSSR count). The van der Waals surface area contributed by atoms with Crippen molar-refractivity contribution in [1.82, 2.24) is 20.5 Å². The van der Waals surface area contributed by atoms with Crippen molar-refractivity contribution in [1.29, 1.82) is 0 Å². The molecule has 2 saturated heterocycles. The normalized spacial score (nSPS) is 28.5. The Kier molecular flexibility index (Phi) is 4.00. The number of hydrogen-bond acceptors (Lipinski definition) is 5. The molecule has 1 aliphatic carbocycles. The number of carbonyl (C=O) groups is 2. The van der Waals surface area contributed by atoms with Gasteiger partial charge < -0.3 is 10.2 Å². The van der Waals surface area contributed by atoms with E-state index in [1.165, 1.54) is 0 Å². The largest absolute Gasteiger partial charge is 0.353 e. The van der Waals surface area contributed by atoms with Gasteiger partial charge in [0.2, 0.25) is 5.91 Å². The van der Waals surface area contributed by atoms with Crippen molar-refractivity contribution < 1.29 is 14.2 Å². The quantitative estimate of drug-likeness (QED) is 0.860. The molecule has 2 aliphatic heterocycles. The Labute approximate surface area is 163 Å². The van der Waals surface area contributed by atoms with Crippen LogP contribution >= 0.6 is 0 Å². The highest BCUT2D eigenvalue weighted by molar-refractivity contribution is 5.95. The molecule has 3 heterocycles. The third-order valence-corrected chi connectivity index (χ3v) is 6.56. The van der Waals surface area contributed by atoms with Gasteiger partial charge in [0.1, 0.15) is 5.69 Å². The topological polar surface area (TPSA) is 88.3 Å². The molecule has 7 nitrogen and oxygen atoms in total. The van der Waals surface area contributed by atoms with Gasteiger partial charge in [-0.1, -0.05) is 35.5 Å². The number of hydrogen-bond donors (Lipinski definition) is 1. The highest BCUT2D eigenvalue weighted by Crippen LogP contribution is 2.52. The smallest absolute Gasteiger partial charge is 0.278 e. The van der Waals surface area contributed by atoms with Crippen LogP contribution in [0.2, 0.25) is 0 Å². The number of aromatic nitrogens is 2. The number of benzene rings is 1. The van der Waals surface area contributed by atoms with Crippen LogP contribution in [0.1, 0.15) is 53.8 Å². The van der Waals surface area contributed by atoms with E-state index in [4.69, 9.17) is 4.63 Å². The zero-order valence-corrected chi connectivity index (χ0v) is 15.9. The Bertz CT molecular complexity index is 907. The third-order valence-electron chi connectivity index (χ3n) is 6.56. The first-order valence-electron chi connectivity index (χ1n) is 10.1. The van der Waals surface area contributed by atoms with Gasteiger partial charge in [-0.05, 0) is 56.2 Å². The van der Waals surface area contributed by atoms with Gasteiger partial charge in [-0.15, -0.1) is 0 Å². The number of carbonyl (C=O) groups excluding carboxylic acids is 2. The van der Waals surface area contributed by atoms with Crippen LogP contribution < -0.4 is 5.32 Å². The fourth-order valence-electron chi connectivity index (χ4n) is 5.07. The summed E-state index contributed by atoms with van der Waals surface area (Å²) in [5.41, 5.74) is 1.29. The Morgan fingerprint density at radius 3 is 2.64 bits per heavy atom. The molecule has 3 aliphatic rings. The Balaban J connectivity index is 1.49. The summed E-state index contributed by atoms with van der Waals surface area (Å²) in [6.07, 6.45) is 5.20. The maximum atomic E-state index is 13.4. The van der Waals surface area contributed by atoms with Crippen molar-refractivity contribution in [3.63, 3.8) is 0 Å². The fourth-order valence-corrected chi connectivity index (χ4v) is 5.07. The summed E-state index contributed by atoms with van der Waals surface area (Å²) in [5, 5.41) is 10.8. The molecule has 146 valence electrons. The lowest BCUT2D eigenvalue weighted by molar-refractivity contribution is -0.132. The number of aryl methyl sites for hydroxylation is 1. The van der Waals surface area contributed by atoms with Crippen molar-refractivity contribution in [2.24, 2.45) is 5.41 Å². The molecule has 2 bridgehead atoms. The number of amides is 2. The first-order chi connectivity index (χ1) is 13.6. The minimum atomic E-state index is -0.590. The molecule has 1 N–H and O–H groups in total. The summed E-state index contributed by atoms with van der Waals surface area (Å²) in [4.78, 5) is 28.5. The summed E-state index contributed by atoms with van der Waals surface area (Å²) >= 11 is 0. The van der Waals surface area contributed by atoms with Crippen LogP contribution in [-0.4, -0.2) is 45.2 Å². The van der Waals surface area contributed by atoms with E-state index in [1.807, 2.05) is 23.1 Å². The second kappa shape index (κ2) is 6.43. The lowest BCUT2D eigenvalue weighted by Gasteiger charge is -2.36. The summed E-state index contributed by atoms with van der Waals surface area (Å²) in [6.45, 7) is 1.72. The number of nitrogens with zero attached hydrogens (tertiary/aromatic N) is 3. The summed E-state index contributed by atoms with van der Waals surface area (Å²) in [6, 6.07) is 10.3. The molecule has 2 aromatic rings. The molecule has 3 atom stereocenters. The van der Waals surface area contributed by atoms with E-state index >= 15 is 0 Å². The number of fused-ring (bicyclic) bond motifs is 2. The van der Waals surface area contributed by atoms with Crippen LogP contribution in [-0.2, 0) is 11.2 Å². The molecule has 2 amide bonds. The zero-order valence-electron chi connectivity index (χ0n) is 15.9. The van der Waals surface area contributed by atoms with Crippen LogP contribution in [0.4, 0.5) is 0 Å². The molecule has 3 fully saturated rings. The highest BCUT2D eigenvalue weighted by atomic mass is 16.6. The Morgan fingerprint density at radius 1 is 1.18 bits per heavy atom. The van der Waals surface area contributed by atoms with Crippen molar-refractivity contribution >= 4 is 11.8 Å². The molecular weight excluding hydrogens is 356 g/mol. The fraction of sp³-hybridized carbons (Fsp3) is 0.524. The second-order valence-electron chi connectivity index (χ2n) is 8.43. The van der Waals surface area contributed by atoms with Gasteiger partial charge in [0.05, 0.1) is 5.41 Å². The minimum absolute atomic E-state index is 0.0577. The molecule has 7 heteroatoms. The molecular formula is C21H24N4O3. The van der Waals surface area contributed by atoms with Crippen LogP contribution in [0.15, 0.2) is 35.0 Å². The van der Waals surface area contributed by atoms with Crippen molar-refractivity contribution in [3.05, 3.63) is 47.3 Å². The third kappa shape index (κ3) is 2.72. The van der Waals surface area contributed by atoms with E-state index in [-0.39, 0.29) is 29.6 Å². The molecule has 0 unspecified atom stereocenters. The summed E-state index contributed by atoms with van der Waals surface area (Å²) in [5.74, 6) is -0.0701. The lowest BCUT2D eigenvalue weighted by Crippen LogP contribution is -2.51. The molecule has 0 spiro atoms. The number of rotatable bonds is 5. The highest BCUT2D eigenvalue weighted by Gasteiger charge is 2.61.